The summed E-state index contributed by atoms with van der Waals surface area (Å²) in [5, 5.41) is 16.2. The molecule has 0 saturated heterocycles. The number of hydrogen-bond acceptors (Lipinski definition) is 8. The van der Waals surface area contributed by atoms with E-state index < -0.39 is 41.7 Å². The van der Waals surface area contributed by atoms with Gasteiger partial charge in [-0.3, -0.25) is 28.9 Å². The number of hydrogen-bond donors (Lipinski definition) is 4. The minimum Gasteiger partial charge on any atom is -0.450 e. The monoisotopic (exact) mass is 518 g/mol. The Kier molecular flexibility index (Phi) is 11.2. The van der Waals surface area contributed by atoms with E-state index in [0.29, 0.717) is 11.3 Å². The standard InChI is InChI=1S/C24H30N4O9/c1-15(2)22(27-18(29)9-11-36-12-10-28-20(31)7-8-21(28)32)23(33)25-13-19(30)26-17-5-3-16(4-6-17)14-37-24(34)35/h3-8,15,22H,9-14H2,1-2H3,(H,25,33)(H,26,30)(H,27,29)(H,34,35). The van der Waals surface area contributed by atoms with Crippen molar-refractivity contribution in [2.75, 3.05) is 31.6 Å². The van der Waals surface area contributed by atoms with Crippen LogP contribution in [-0.2, 0) is 40.1 Å². The number of rotatable bonds is 14. The maximum Gasteiger partial charge on any atom is 0.506 e. The van der Waals surface area contributed by atoms with E-state index >= 15 is 0 Å². The molecule has 1 heterocycles. The van der Waals surface area contributed by atoms with Gasteiger partial charge in [-0.15, -0.1) is 0 Å². The zero-order valence-electron chi connectivity index (χ0n) is 20.5. The Bertz CT molecular complexity index is 1020. The van der Waals surface area contributed by atoms with Crippen molar-refractivity contribution >= 4 is 41.4 Å². The third-order valence-corrected chi connectivity index (χ3v) is 5.12. The van der Waals surface area contributed by atoms with E-state index in [1.807, 2.05) is 0 Å². The number of carbonyl (C=O) groups is 6. The molecule has 13 heteroatoms. The summed E-state index contributed by atoms with van der Waals surface area (Å²) in [6.45, 7) is 3.23. The molecule has 0 spiro atoms. The first-order valence-electron chi connectivity index (χ1n) is 11.5. The first kappa shape index (κ1) is 29.0. The van der Waals surface area contributed by atoms with Crippen molar-refractivity contribution in [2.24, 2.45) is 5.92 Å². The van der Waals surface area contributed by atoms with Crippen molar-refractivity contribution in [3.8, 4) is 0 Å². The number of anilines is 1. The summed E-state index contributed by atoms with van der Waals surface area (Å²) in [5.74, 6) is -2.53. The molecule has 0 saturated carbocycles. The molecule has 0 aliphatic carbocycles. The van der Waals surface area contributed by atoms with E-state index in [9.17, 15) is 28.8 Å². The average molecular weight is 519 g/mol. The van der Waals surface area contributed by atoms with E-state index in [1.54, 1.807) is 38.1 Å². The second-order valence-electron chi connectivity index (χ2n) is 8.33. The predicted octanol–water partition coefficient (Wildman–Crippen LogP) is 0.408. The van der Waals surface area contributed by atoms with E-state index in [4.69, 9.17) is 9.84 Å². The Morgan fingerprint density at radius 2 is 1.62 bits per heavy atom. The molecule has 0 bridgehead atoms. The SMILES string of the molecule is CC(C)C(NC(=O)CCOCCN1C(=O)C=CC1=O)C(=O)NCC(=O)Nc1ccc(COC(=O)O)cc1. The third kappa shape index (κ3) is 10.1. The van der Waals surface area contributed by atoms with Gasteiger partial charge in [0.05, 0.1) is 26.3 Å². The lowest BCUT2D eigenvalue weighted by molar-refractivity contribution is -0.138. The minimum absolute atomic E-state index is 0.0333. The molecular weight excluding hydrogens is 488 g/mol. The van der Waals surface area contributed by atoms with Crippen LogP contribution in [0.3, 0.4) is 0 Å². The van der Waals surface area contributed by atoms with Crippen LogP contribution in [0.2, 0.25) is 0 Å². The summed E-state index contributed by atoms with van der Waals surface area (Å²) in [7, 11) is 0. The smallest absolute Gasteiger partial charge is 0.450 e. The molecule has 5 amide bonds. The number of amides is 5. The van der Waals surface area contributed by atoms with Crippen LogP contribution in [0, 0.1) is 5.92 Å². The molecule has 4 N–H and O–H groups in total. The topological polar surface area (TPSA) is 180 Å². The van der Waals surface area contributed by atoms with Gasteiger partial charge < -0.3 is 30.5 Å². The molecule has 0 radical (unpaired) electrons. The first-order chi connectivity index (χ1) is 17.6. The molecule has 1 aliphatic rings. The largest absolute Gasteiger partial charge is 0.506 e. The van der Waals surface area contributed by atoms with Gasteiger partial charge in [0.2, 0.25) is 17.7 Å². The first-order valence-corrected chi connectivity index (χ1v) is 11.5. The average Bonchev–Trinajstić information content (AvgIpc) is 3.17. The highest BCUT2D eigenvalue weighted by molar-refractivity contribution is 6.12. The van der Waals surface area contributed by atoms with Crippen LogP contribution in [0.25, 0.3) is 0 Å². The van der Waals surface area contributed by atoms with Gasteiger partial charge in [0, 0.05) is 24.3 Å². The molecule has 2 rings (SSSR count). The van der Waals surface area contributed by atoms with Crippen LogP contribution >= 0.6 is 0 Å². The van der Waals surface area contributed by atoms with E-state index in [-0.39, 0.29) is 45.2 Å². The Morgan fingerprint density at radius 3 is 2.22 bits per heavy atom. The fourth-order valence-corrected chi connectivity index (χ4v) is 3.17. The van der Waals surface area contributed by atoms with Gasteiger partial charge in [0.15, 0.2) is 0 Å². The van der Waals surface area contributed by atoms with Crippen LogP contribution in [0.5, 0.6) is 0 Å². The Hall–Kier alpha value is -4.26. The van der Waals surface area contributed by atoms with Crippen LogP contribution in [-0.4, -0.2) is 78.0 Å². The number of carboxylic acid groups (broad SMARTS) is 1. The summed E-state index contributed by atoms with van der Waals surface area (Å²) >= 11 is 0. The molecule has 0 fully saturated rings. The second-order valence-corrected chi connectivity index (χ2v) is 8.33. The normalized spacial score (nSPS) is 13.4. The summed E-state index contributed by atoms with van der Waals surface area (Å²) in [6.07, 6.45) is 0.928. The van der Waals surface area contributed by atoms with Gasteiger partial charge in [-0.1, -0.05) is 26.0 Å². The molecule has 1 aliphatic heterocycles. The van der Waals surface area contributed by atoms with Crippen molar-refractivity contribution in [1.29, 1.82) is 0 Å². The number of imide groups is 1. The van der Waals surface area contributed by atoms with Crippen molar-refractivity contribution in [2.45, 2.75) is 32.9 Å². The number of nitrogens with zero attached hydrogens (tertiary/aromatic N) is 1. The quantitative estimate of drug-likeness (QED) is 0.154. The summed E-state index contributed by atoms with van der Waals surface area (Å²) in [6, 6.07) is 5.44. The van der Waals surface area contributed by atoms with Crippen LogP contribution in [0.15, 0.2) is 36.4 Å². The van der Waals surface area contributed by atoms with Gasteiger partial charge in [0.25, 0.3) is 11.8 Å². The van der Waals surface area contributed by atoms with Gasteiger partial charge in [-0.25, -0.2) is 4.79 Å². The zero-order chi connectivity index (χ0) is 27.4. The molecule has 37 heavy (non-hydrogen) atoms. The Balaban J connectivity index is 1.69. The summed E-state index contributed by atoms with van der Waals surface area (Å²) in [5.41, 5.74) is 1.05. The molecule has 1 atom stereocenters. The van der Waals surface area contributed by atoms with Gasteiger partial charge in [-0.05, 0) is 23.6 Å². The van der Waals surface area contributed by atoms with E-state index in [0.717, 1.165) is 4.90 Å². The zero-order valence-corrected chi connectivity index (χ0v) is 20.5. The molecule has 13 nitrogen and oxygen atoms in total. The summed E-state index contributed by atoms with van der Waals surface area (Å²) in [4.78, 5) is 71.4. The van der Waals surface area contributed by atoms with Crippen molar-refractivity contribution in [3.05, 3.63) is 42.0 Å². The number of nitrogens with one attached hydrogen (secondary N) is 3. The van der Waals surface area contributed by atoms with Crippen molar-refractivity contribution in [3.63, 3.8) is 0 Å². The van der Waals surface area contributed by atoms with Crippen LogP contribution in [0.4, 0.5) is 10.5 Å². The fourth-order valence-electron chi connectivity index (χ4n) is 3.17. The molecule has 1 aromatic carbocycles. The predicted molar refractivity (Wildman–Crippen MR) is 129 cm³/mol. The van der Waals surface area contributed by atoms with Gasteiger partial charge in [0.1, 0.15) is 12.6 Å². The molecule has 1 aromatic rings. The van der Waals surface area contributed by atoms with Gasteiger partial charge >= 0.3 is 6.16 Å². The highest BCUT2D eigenvalue weighted by Gasteiger charge is 2.25. The highest BCUT2D eigenvalue weighted by Crippen LogP contribution is 2.10. The van der Waals surface area contributed by atoms with E-state index in [2.05, 4.69) is 20.7 Å². The van der Waals surface area contributed by atoms with Crippen molar-refractivity contribution in [1.82, 2.24) is 15.5 Å². The molecule has 200 valence electrons. The van der Waals surface area contributed by atoms with Gasteiger partial charge in [-0.2, -0.15) is 0 Å². The fraction of sp³-hybridized carbons (Fsp3) is 0.417. The molecule has 0 aromatic heterocycles. The van der Waals surface area contributed by atoms with Crippen LogP contribution in [0.1, 0.15) is 25.8 Å². The third-order valence-electron chi connectivity index (χ3n) is 5.12. The number of carbonyl (C=O) groups excluding carboxylic acids is 5. The summed E-state index contributed by atoms with van der Waals surface area (Å²) < 4.78 is 9.77. The lowest BCUT2D eigenvalue weighted by atomic mass is 10.0. The minimum atomic E-state index is -1.39. The highest BCUT2D eigenvalue weighted by atomic mass is 16.7. The second kappa shape index (κ2) is 14.3. The Morgan fingerprint density at radius 1 is 0.973 bits per heavy atom. The van der Waals surface area contributed by atoms with E-state index in [1.165, 1.54) is 12.2 Å². The maximum absolute atomic E-state index is 12.6. The van der Waals surface area contributed by atoms with Crippen LogP contribution < -0.4 is 16.0 Å². The van der Waals surface area contributed by atoms with Crippen molar-refractivity contribution < 1.29 is 43.3 Å². The Labute approximate surface area is 213 Å². The molecule has 1 unspecified atom stereocenters. The number of benzene rings is 1. The molecular formula is C24H30N4O9. The lowest BCUT2D eigenvalue weighted by Crippen LogP contribution is -2.51. The maximum atomic E-state index is 12.6. The lowest BCUT2D eigenvalue weighted by Gasteiger charge is -2.21. The number of ether oxygens (including phenoxy) is 2.